The summed E-state index contributed by atoms with van der Waals surface area (Å²) in [5.74, 6) is 1.34. The Morgan fingerprint density at radius 3 is 2.85 bits per heavy atom. The molecule has 0 amide bonds. The molecule has 0 spiro atoms. The first-order valence-corrected chi connectivity index (χ1v) is 7.11. The van der Waals surface area contributed by atoms with E-state index in [1.165, 1.54) is 6.33 Å². The molecule has 0 fully saturated rings. The standard InChI is InChI=1S/C15H19ClN4/c1-3-5-13-14(17)18-9-19-15(13)20-10(2)11-6-4-7-12(16)8-11/h4,6-10H,3,5H2,1-2H3,(H3,17,18,19,20). The van der Waals surface area contributed by atoms with Gasteiger partial charge in [-0.25, -0.2) is 9.97 Å². The minimum atomic E-state index is 0.0959. The average Bonchev–Trinajstić information content (AvgIpc) is 2.42. The summed E-state index contributed by atoms with van der Waals surface area (Å²) in [6.07, 6.45) is 3.34. The normalized spacial score (nSPS) is 12.2. The van der Waals surface area contributed by atoms with Crippen LogP contribution in [0.3, 0.4) is 0 Å². The van der Waals surface area contributed by atoms with Crippen LogP contribution in [0.25, 0.3) is 0 Å². The number of aromatic nitrogens is 2. The highest BCUT2D eigenvalue weighted by Gasteiger charge is 2.12. The Morgan fingerprint density at radius 2 is 2.15 bits per heavy atom. The molecule has 2 rings (SSSR count). The first-order valence-electron chi connectivity index (χ1n) is 6.73. The van der Waals surface area contributed by atoms with Crippen molar-refractivity contribution in [3.05, 3.63) is 46.7 Å². The molecule has 0 radical (unpaired) electrons. The van der Waals surface area contributed by atoms with E-state index in [1.807, 2.05) is 24.3 Å². The van der Waals surface area contributed by atoms with Gasteiger partial charge in [-0.15, -0.1) is 0 Å². The molecule has 1 heterocycles. The van der Waals surface area contributed by atoms with Crippen LogP contribution in [0.4, 0.5) is 11.6 Å². The van der Waals surface area contributed by atoms with Crippen molar-refractivity contribution in [3.63, 3.8) is 0 Å². The second-order valence-corrected chi connectivity index (χ2v) is 5.19. The SMILES string of the molecule is CCCc1c(N)ncnc1NC(C)c1cccc(Cl)c1. The molecular formula is C15H19ClN4. The van der Waals surface area contributed by atoms with E-state index in [-0.39, 0.29) is 6.04 Å². The number of hydrogen-bond donors (Lipinski definition) is 2. The van der Waals surface area contributed by atoms with Crippen molar-refractivity contribution in [3.8, 4) is 0 Å². The Kier molecular flexibility index (Phi) is 4.79. The van der Waals surface area contributed by atoms with Crippen molar-refractivity contribution >= 4 is 23.2 Å². The van der Waals surface area contributed by atoms with Crippen LogP contribution in [0.2, 0.25) is 5.02 Å². The topological polar surface area (TPSA) is 63.8 Å². The van der Waals surface area contributed by atoms with Crippen molar-refractivity contribution in [2.75, 3.05) is 11.1 Å². The van der Waals surface area contributed by atoms with E-state index >= 15 is 0 Å². The van der Waals surface area contributed by atoms with Gasteiger partial charge in [0.2, 0.25) is 0 Å². The van der Waals surface area contributed by atoms with E-state index < -0.39 is 0 Å². The molecule has 106 valence electrons. The Morgan fingerprint density at radius 1 is 1.35 bits per heavy atom. The number of benzene rings is 1. The molecule has 0 saturated carbocycles. The molecule has 5 heteroatoms. The number of nitrogens with two attached hydrogens (primary N) is 1. The molecular weight excluding hydrogens is 272 g/mol. The predicted octanol–water partition coefficient (Wildman–Crippen LogP) is 3.84. The number of rotatable bonds is 5. The molecule has 1 aromatic heterocycles. The summed E-state index contributed by atoms with van der Waals surface area (Å²) in [6, 6.07) is 7.88. The zero-order chi connectivity index (χ0) is 14.5. The summed E-state index contributed by atoms with van der Waals surface area (Å²) in [7, 11) is 0. The van der Waals surface area contributed by atoms with Gasteiger partial charge in [0.15, 0.2) is 0 Å². The van der Waals surface area contributed by atoms with Crippen LogP contribution in [-0.2, 0) is 6.42 Å². The van der Waals surface area contributed by atoms with Crippen molar-refractivity contribution in [1.29, 1.82) is 0 Å². The highest BCUT2D eigenvalue weighted by Crippen LogP contribution is 2.25. The minimum Gasteiger partial charge on any atom is -0.383 e. The zero-order valence-corrected chi connectivity index (χ0v) is 12.5. The molecule has 2 aromatic rings. The number of nitrogen functional groups attached to an aromatic ring is 1. The second-order valence-electron chi connectivity index (χ2n) is 4.76. The van der Waals surface area contributed by atoms with Crippen LogP contribution in [0.5, 0.6) is 0 Å². The summed E-state index contributed by atoms with van der Waals surface area (Å²) in [5.41, 5.74) is 8.02. The van der Waals surface area contributed by atoms with Gasteiger partial charge in [0.25, 0.3) is 0 Å². The lowest BCUT2D eigenvalue weighted by Gasteiger charge is -2.18. The molecule has 1 atom stereocenters. The van der Waals surface area contributed by atoms with E-state index in [4.69, 9.17) is 17.3 Å². The number of hydrogen-bond acceptors (Lipinski definition) is 4. The summed E-state index contributed by atoms with van der Waals surface area (Å²) >= 11 is 6.02. The Labute approximate surface area is 124 Å². The maximum atomic E-state index is 6.02. The van der Waals surface area contributed by atoms with Crippen LogP contribution in [0.15, 0.2) is 30.6 Å². The number of nitrogens with zero attached hydrogens (tertiary/aromatic N) is 2. The quantitative estimate of drug-likeness (QED) is 0.878. The van der Waals surface area contributed by atoms with Gasteiger partial charge in [0, 0.05) is 10.6 Å². The molecule has 3 N–H and O–H groups in total. The first kappa shape index (κ1) is 14.6. The molecule has 0 aliphatic heterocycles. The van der Waals surface area contributed by atoms with Crippen LogP contribution in [0.1, 0.15) is 37.4 Å². The van der Waals surface area contributed by atoms with Crippen LogP contribution in [0, 0.1) is 0 Å². The maximum absolute atomic E-state index is 6.02. The summed E-state index contributed by atoms with van der Waals surface area (Å²) in [5, 5.41) is 4.12. The fourth-order valence-electron chi connectivity index (χ4n) is 2.11. The molecule has 20 heavy (non-hydrogen) atoms. The summed E-state index contributed by atoms with van der Waals surface area (Å²) in [4.78, 5) is 8.37. The fourth-order valence-corrected chi connectivity index (χ4v) is 2.31. The number of nitrogens with one attached hydrogen (secondary N) is 1. The molecule has 4 nitrogen and oxygen atoms in total. The van der Waals surface area contributed by atoms with Crippen LogP contribution < -0.4 is 11.1 Å². The van der Waals surface area contributed by atoms with Crippen molar-refractivity contribution in [1.82, 2.24) is 9.97 Å². The van der Waals surface area contributed by atoms with Crippen molar-refractivity contribution in [2.45, 2.75) is 32.7 Å². The lowest BCUT2D eigenvalue weighted by molar-refractivity contribution is 0.849. The van der Waals surface area contributed by atoms with Gasteiger partial charge in [-0.2, -0.15) is 0 Å². The second kappa shape index (κ2) is 6.57. The van der Waals surface area contributed by atoms with Gasteiger partial charge in [0.1, 0.15) is 18.0 Å². The summed E-state index contributed by atoms with van der Waals surface area (Å²) < 4.78 is 0. The van der Waals surface area contributed by atoms with Gasteiger partial charge < -0.3 is 11.1 Å². The van der Waals surface area contributed by atoms with Gasteiger partial charge >= 0.3 is 0 Å². The van der Waals surface area contributed by atoms with E-state index in [0.29, 0.717) is 5.82 Å². The van der Waals surface area contributed by atoms with Gasteiger partial charge in [-0.05, 0) is 31.0 Å². The highest BCUT2D eigenvalue weighted by molar-refractivity contribution is 6.30. The smallest absolute Gasteiger partial charge is 0.135 e. The monoisotopic (exact) mass is 290 g/mol. The minimum absolute atomic E-state index is 0.0959. The van der Waals surface area contributed by atoms with E-state index in [2.05, 4.69) is 29.1 Å². The third kappa shape index (κ3) is 3.39. The zero-order valence-electron chi connectivity index (χ0n) is 11.7. The lowest BCUT2D eigenvalue weighted by Crippen LogP contribution is -2.12. The fraction of sp³-hybridized carbons (Fsp3) is 0.333. The number of halogens is 1. The average molecular weight is 291 g/mol. The predicted molar refractivity (Wildman–Crippen MR) is 83.9 cm³/mol. The Bertz CT molecular complexity index is 586. The van der Waals surface area contributed by atoms with Crippen LogP contribution in [-0.4, -0.2) is 9.97 Å². The molecule has 0 aliphatic rings. The van der Waals surface area contributed by atoms with Gasteiger partial charge in [-0.1, -0.05) is 37.1 Å². The first-order chi connectivity index (χ1) is 9.61. The van der Waals surface area contributed by atoms with Gasteiger partial charge in [-0.3, -0.25) is 0 Å². The van der Waals surface area contributed by atoms with E-state index in [1.54, 1.807) is 0 Å². The molecule has 0 aliphatic carbocycles. The third-order valence-corrected chi connectivity index (χ3v) is 3.42. The molecule has 0 bridgehead atoms. The molecule has 0 saturated heterocycles. The highest BCUT2D eigenvalue weighted by atomic mass is 35.5. The third-order valence-electron chi connectivity index (χ3n) is 3.18. The Hall–Kier alpha value is -1.81. The number of anilines is 2. The molecule has 1 aromatic carbocycles. The van der Waals surface area contributed by atoms with Crippen molar-refractivity contribution in [2.24, 2.45) is 0 Å². The van der Waals surface area contributed by atoms with Gasteiger partial charge in [0.05, 0.1) is 6.04 Å². The lowest BCUT2D eigenvalue weighted by atomic mass is 10.1. The summed E-state index contributed by atoms with van der Waals surface area (Å²) in [6.45, 7) is 4.18. The van der Waals surface area contributed by atoms with Crippen molar-refractivity contribution < 1.29 is 0 Å². The maximum Gasteiger partial charge on any atom is 0.135 e. The molecule has 1 unspecified atom stereocenters. The van der Waals surface area contributed by atoms with E-state index in [0.717, 1.165) is 34.8 Å². The van der Waals surface area contributed by atoms with E-state index in [9.17, 15) is 0 Å². The Balaban J connectivity index is 2.23. The van der Waals surface area contributed by atoms with Crippen LogP contribution >= 0.6 is 11.6 Å². The largest absolute Gasteiger partial charge is 0.383 e.